The Balaban J connectivity index is 1.59. The van der Waals surface area contributed by atoms with Gasteiger partial charge in [0.25, 0.3) is 5.91 Å². The Morgan fingerprint density at radius 1 is 1.26 bits per heavy atom. The number of hydrogen-bond acceptors (Lipinski definition) is 3. The molecule has 98 valence electrons. The smallest absolute Gasteiger partial charge is 0.253 e. The summed E-state index contributed by atoms with van der Waals surface area (Å²) in [5.41, 5.74) is 2.58. The number of fused-ring (bicyclic) bond motifs is 2. The lowest BCUT2D eigenvalue weighted by atomic mass is 10.0. The van der Waals surface area contributed by atoms with Crippen LogP contribution in [0.15, 0.2) is 24.5 Å². The Labute approximate surface area is 111 Å². The normalized spacial score (nSPS) is 26.0. The van der Waals surface area contributed by atoms with E-state index in [9.17, 15) is 4.79 Å². The van der Waals surface area contributed by atoms with Crippen molar-refractivity contribution >= 4 is 16.9 Å². The van der Waals surface area contributed by atoms with E-state index in [0.29, 0.717) is 11.8 Å². The molecule has 0 radical (unpaired) electrons. The molecule has 2 atom stereocenters. The predicted octanol–water partition coefficient (Wildman–Crippen LogP) is 0.854. The first-order valence-electron chi connectivity index (χ1n) is 6.74. The van der Waals surface area contributed by atoms with Gasteiger partial charge in [-0.25, -0.2) is 4.98 Å². The van der Waals surface area contributed by atoms with Crippen molar-refractivity contribution in [3.63, 3.8) is 0 Å². The third-order valence-corrected chi connectivity index (χ3v) is 4.34. The quantitative estimate of drug-likeness (QED) is 0.795. The van der Waals surface area contributed by atoms with Gasteiger partial charge < -0.3 is 15.2 Å². The van der Waals surface area contributed by atoms with Gasteiger partial charge in [-0.1, -0.05) is 0 Å². The van der Waals surface area contributed by atoms with Gasteiger partial charge in [-0.15, -0.1) is 0 Å². The van der Waals surface area contributed by atoms with Crippen LogP contribution in [0.25, 0.3) is 11.0 Å². The Morgan fingerprint density at radius 3 is 2.84 bits per heavy atom. The van der Waals surface area contributed by atoms with Gasteiger partial charge in [0.15, 0.2) is 0 Å². The van der Waals surface area contributed by atoms with Gasteiger partial charge in [-0.05, 0) is 30.0 Å². The van der Waals surface area contributed by atoms with Crippen LogP contribution in [-0.2, 0) is 0 Å². The zero-order chi connectivity index (χ0) is 12.8. The van der Waals surface area contributed by atoms with Gasteiger partial charge in [0.05, 0.1) is 17.4 Å². The number of carbonyl (C=O) groups is 1. The highest BCUT2D eigenvalue weighted by molar-refractivity contribution is 5.97. The monoisotopic (exact) mass is 256 g/mol. The molecule has 2 fully saturated rings. The van der Waals surface area contributed by atoms with E-state index in [0.717, 1.165) is 42.8 Å². The average Bonchev–Trinajstić information content (AvgIpc) is 3.11. The highest BCUT2D eigenvalue weighted by Gasteiger charge is 2.38. The maximum absolute atomic E-state index is 12.5. The summed E-state index contributed by atoms with van der Waals surface area (Å²) in [4.78, 5) is 21.7. The largest absolute Gasteiger partial charge is 0.345 e. The minimum absolute atomic E-state index is 0.144. The standard InChI is InChI=1S/C14H16N4O/c19-14(18-6-10-4-15-5-11(10)7-18)9-1-2-12-13(3-9)17-8-16-12/h1-3,8,10-11,15H,4-7H2,(H,16,17)/t10-,11+. The van der Waals surface area contributed by atoms with Gasteiger partial charge in [0.2, 0.25) is 0 Å². The van der Waals surface area contributed by atoms with Crippen molar-refractivity contribution in [3.8, 4) is 0 Å². The molecule has 0 bridgehead atoms. The fourth-order valence-corrected chi connectivity index (χ4v) is 3.27. The summed E-state index contributed by atoms with van der Waals surface area (Å²) in [6, 6.07) is 5.67. The number of rotatable bonds is 1. The summed E-state index contributed by atoms with van der Waals surface area (Å²) in [7, 11) is 0. The number of carbonyl (C=O) groups excluding carboxylic acids is 1. The molecule has 5 nitrogen and oxygen atoms in total. The molecule has 0 aliphatic carbocycles. The number of benzene rings is 1. The number of nitrogens with zero attached hydrogens (tertiary/aromatic N) is 2. The molecule has 0 unspecified atom stereocenters. The van der Waals surface area contributed by atoms with Crippen molar-refractivity contribution in [1.82, 2.24) is 20.2 Å². The predicted molar refractivity (Wildman–Crippen MR) is 71.8 cm³/mol. The maximum Gasteiger partial charge on any atom is 0.253 e. The number of imidazole rings is 1. The van der Waals surface area contributed by atoms with Crippen LogP contribution in [0, 0.1) is 11.8 Å². The molecule has 2 aliphatic heterocycles. The van der Waals surface area contributed by atoms with Crippen LogP contribution in [0.4, 0.5) is 0 Å². The second-order valence-electron chi connectivity index (χ2n) is 5.52. The molecule has 2 aliphatic rings. The summed E-state index contributed by atoms with van der Waals surface area (Å²) in [5.74, 6) is 1.42. The first-order valence-corrected chi connectivity index (χ1v) is 6.74. The van der Waals surface area contributed by atoms with Crippen LogP contribution < -0.4 is 5.32 Å². The van der Waals surface area contributed by atoms with E-state index in [1.807, 2.05) is 23.1 Å². The molecule has 3 heterocycles. The maximum atomic E-state index is 12.5. The SMILES string of the molecule is O=C(c1ccc2nc[nH]c2c1)N1C[C@H]2CNC[C@H]2C1. The molecular formula is C14H16N4O. The van der Waals surface area contributed by atoms with Gasteiger partial charge in [0, 0.05) is 31.7 Å². The number of H-pyrrole nitrogens is 1. The summed E-state index contributed by atoms with van der Waals surface area (Å²) in [5, 5.41) is 3.39. The topological polar surface area (TPSA) is 61.0 Å². The van der Waals surface area contributed by atoms with Crippen LogP contribution >= 0.6 is 0 Å². The molecule has 1 amide bonds. The summed E-state index contributed by atoms with van der Waals surface area (Å²) < 4.78 is 0. The number of likely N-dealkylation sites (tertiary alicyclic amines) is 1. The molecular weight excluding hydrogens is 240 g/mol. The summed E-state index contributed by atoms with van der Waals surface area (Å²) in [6.45, 7) is 3.87. The van der Waals surface area contributed by atoms with E-state index in [1.54, 1.807) is 6.33 Å². The molecule has 2 N–H and O–H groups in total. The molecule has 4 rings (SSSR count). The lowest BCUT2D eigenvalue weighted by molar-refractivity contribution is 0.0782. The fourth-order valence-electron chi connectivity index (χ4n) is 3.27. The number of aromatic amines is 1. The van der Waals surface area contributed by atoms with Crippen molar-refractivity contribution in [2.24, 2.45) is 11.8 Å². The van der Waals surface area contributed by atoms with Gasteiger partial charge in [-0.3, -0.25) is 4.79 Å². The van der Waals surface area contributed by atoms with Gasteiger partial charge in [-0.2, -0.15) is 0 Å². The van der Waals surface area contributed by atoms with Crippen LogP contribution in [-0.4, -0.2) is 47.0 Å². The number of hydrogen-bond donors (Lipinski definition) is 2. The minimum Gasteiger partial charge on any atom is -0.345 e. The van der Waals surface area contributed by atoms with Crippen LogP contribution in [0.2, 0.25) is 0 Å². The van der Waals surface area contributed by atoms with Gasteiger partial charge in [0.1, 0.15) is 0 Å². The Bertz CT molecular complexity index is 623. The Hall–Kier alpha value is -1.88. The highest BCUT2D eigenvalue weighted by Crippen LogP contribution is 2.27. The third kappa shape index (κ3) is 1.73. The lowest BCUT2D eigenvalue weighted by Crippen LogP contribution is -2.31. The van der Waals surface area contributed by atoms with Crippen LogP contribution in [0.3, 0.4) is 0 Å². The lowest BCUT2D eigenvalue weighted by Gasteiger charge is -2.17. The van der Waals surface area contributed by atoms with Gasteiger partial charge >= 0.3 is 0 Å². The van der Waals surface area contributed by atoms with E-state index in [2.05, 4.69) is 15.3 Å². The van der Waals surface area contributed by atoms with Crippen molar-refractivity contribution < 1.29 is 4.79 Å². The molecule has 2 aromatic rings. The third-order valence-electron chi connectivity index (χ3n) is 4.34. The second-order valence-corrected chi connectivity index (χ2v) is 5.52. The van der Waals surface area contributed by atoms with Crippen molar-refractivity contribution in [1.29, 1.82) is 0 Å². The van der Waals surface area contributed by atoms with E-state index in [4.69, 9.17) is 0 Å². The minimum atomic E-state index is 0.144. The molecule has 0 saturated carbocycles. The highest BCUT2D eigenvalue weighted by atomic mass is 16.2. The molecule has 5 heteroatoms. The second kappa shape index (κ2) is 4.06. The van der Waals surface area contributed by atoms with E-state index in [1.165, 1.54) is 0 Å². The zero-order valence-corrected chi connectivity index (χ0v) is 10.6. The van der Waals surface area contributed by atoms with E-state index < -0.39 is 0 Å². The fraction of sp³-hybridized carbons (Fsp3) is 0.429. The van der Waals surface area contributed by atoms with Crippen molar-refractivity contribution in [2.45, 2.75) is 0 Å². The van der Waals surface area contributed by atoms with E-state index >= 15 is 0 Å². The summed E-state index contributed by atoms with van der Waals surface area (Å²) >= 11 is 0. The average molecular weight is 256 g/mol. The number of amides is 1. The van der Waals surface area contributed by atoms with Crippen molar-refractivity contribution in [3.05, 3.63) is 30.1 Å². The summed E-state index contributed by atoms with van der Waals surface area (Å²) in [6.07, 6.45) is 1.66. The number of nitrogens with one attached hydrogen (secondary N) is 2. The van der Waals surface area contributed by atoms with Crippen LogP contribution in [0.1, 0.15) is 10.4 Å². The molecule has 0 spiro atoms. The Kier molecular flexibility index (Phi) is 2.35. The molecule has 1 aromatic heterocycles. The first kappa shape index (κ1) is 11.0. The molecule has 1 aromatic carbocycles. The van der Waals surface area contributed by atoms with Crippen molar-refractivity contribution in [2.75, 3.05) is 26.2 Å². The Morgan fingerprint density at radius 2 is 2.05 bits per heavy atom. The zero-order valence-electron chi connectivity index (χ0n) is 10.6. The molecule has 2 saturated heterocycles. The van der Waals surface area contributed by atoms with E-state index in [-0.39, 0.29) is 5.91 Å². The number of aromatic nitrogens is 2. The first-order chi connectivity index (χ1) is 9.31. The molecule has 19 heavy (non-hydrogen) atoms. The van der Waals surface area contributed by atoms with Crippen LogP contribution in [0.5, 0.6) is 0 Å².